The Kier molecular flexibility index (Phi) is 2.76. The first-order chi connectivity index (χ1) is 8.81. The summed E-state index contributed by atoms with van der Waals surface area (Å²) in [5, 5.41) is 14.9. The molecule has 2 N–H and O–H groups in total. The molecular formula is C13H17N5. The van der Waals surface area contributed by atoms with Crippen molar-refractivity contribution in [3.05, 3.63) is 29.3 Å². The lowest BCUT2D eigenvalue weighted by molar-refractivity contribution is 0.644. The van der Waals surface area contributed by atoms with E-state index in [0.29, 0.717) is 0 Å². The summed E-state index contributed by atoms with van der Waals surface area (Å²) in [5.41, 5.74) is 3.97. The second-order valence-electron chi connectivity index (χ2n) is 4.53. The van der Waals surface area contributed by atoms with Gasteiger partial charge in [0.25, 0.3) is 0 Å². The first kappa shape index (κ1) is 11.2. The zero-order valence-electron chi connectivity index (χ0n) is 10.7. The predicted octanol–water partition coefficient (Wildman–Crippen LogP) is 1.17. The zero-order valence-corrected chi connectivity index (χ0v) is 10.7. The highest BCUT2D eigenvalue weighted by molar-refractivity contribution is 5.64. The lowest BCUT2D eigenvalue weighted by Gasteiger charge is -2.19. The van der Waals surface area contributed by atoms with Gasteiger partial charge in [-0.1, -0.05) is 18.2 Å². The van der Waals surface area contributed by atoms with E-state index in [0.717, 1.165) is 31.3 Å². The Morgan fingerprint density at radius 2 is 2.22 bits per heavy atom. The number of hydrogen-bond donors (Lipinski definition) is 2. The fraction of sp³-hybridized carbons (Fsp3) is 0.385. The number of hydrogen-bond acceptors (Lipinski definition) is 4. The van der Waals surface area contributed by atoms with Crippen LogP contribution >= 0.6 is 0 Å². The van der Waals surface area contributed by atoms with E-state index in [1.807, 2.05) is 18.7 Å². The van der Waals surface area contributed by atoms with E-state index in [2.05, 4.69) is 39.0 Å². The van der Waals surface area contributed by atoms with Crippen LogP contribution in [-0.2, 0) is 20.0 Å². The zero-order chi connectivity index (χ0) is 12.5. The highest BCUT2D eigenvalue weighted by Crippen LogP contribution is 2.27. The molecule has 5 nitrogen and oxygen atoms in total. The number of nitrogens with zero attached hydrogens (tertiary/aromatic N) is 3. The Morgan fingerprint density at radius 1 is 1.33 bits per heavy atom. The standard InChI is InChI=1S/C13H17N5/c1-14-13-17-16-12(18(13)2)11-5-3-4-9-8-15-7-6-10(9)11/h3-5,15H,6-8H2,1-2H3,(H,14,17). The van der Waals surface area contributed by atoms with Gasteiger partial charge in [-0.15, -0.1) is 10.2 Å². The maximum absolute atomic E-state index is 4.29. The molecule has 1 aromatic heterocycles. The molecule has 3 rings (SSSR count). The van der Waals surface area contributed by atoms with Crippen molar-refractivity contribution >= 4 is 5.95 Å². The molecule has 18 heavy (non-hydrogen) atoms. The average molecular weight is 243 g/mol. The molecule has 1 aromatic carbocycles. The summed E-state index contributed by atoms with van der Waals surface area (Å²) in [6, 6.07) is 6.41. The third kappa shape index (κ3) is 1.67. The molecule has 5 heteroatoms. The van der Waals surface area contributed by atoms with E-state index in [1.54, 1.807) is 0 Å². The first-order valence-corrected chi connectivity index (χ1v) is 6.20. The third-order valence-corrected chi connectivity index (χ3v) is 3.48. The van der Waals surface area contributed by atoms with Gasteiger partial charge >= 0.3 is 0 Å². The molecule has 0 radical (unpaired) electrons. The van der Waals surface area contributed by atoms with Crippen molar-refractivity contribution in [2.75, 3.05) is 18.9 Å². The first-order valence-electron chi connectivity index (χ1n) is 6.20. The van der Waals surface area contributed by atoms with Crippen molar-refractivity contribution in [3.63, 3.8) is 0 Å². The summed E-state index contributed by atoms with van der Waals surface area (Å²) in [4.78, 5) is 0. The lowest BCUT2D eigenvalue weighted by Crippen LogP contribution is -2.24. The van der Waals surface area contributed by atoms with Crippen LogP contribution in [0, 0.1) is 0 Å². The molecule has 0 amide bonds. The summed E-state index contributed by atoms with van der Waals surface area (Å²) < 4.78 is 2.00. The van der Waals surface area contributed by atoms with E-state index in [9.17, 15) is 0 Å². The Hall–Kier alpha value is -1.88. The number of fused-ring (bicyclic) bond motifs is 1. The van der Waals surface area contributed by atoms with Gasteiger partial charge in [-0.25, -0.2) is 0 Å². The van der Waals surface area contributed by atoms with Crippen molar-refractivity contribution in [3.8, 4) is 11.4 Å². The van der Waals surface area contributed by atoms with Crippen LogP contribution in [0.25, 0.3) is 11.4 Å². The van der Waals surface area contributed by atoms with Crippen LogP contribution in [0.15, 0.2) is 18.2 Å². The van der Waals surface area contributed by atoms with E-state index in [4.69, 9.17) is 0 Å². The van der Waals surface area contributed by atoms with Gasteiger partial charge in [0.05, 0.1) is 0 Å². The Balaban J connectivity index is 2.14. The highest BCUT2D eigenvalue weighted by Gasteiger charge is 2.17. The third-order valence-electron chi connectivity index (χ3n) is 3.48. The van der Waals surface area contributed by atoms with Gasteiger partial charge < -0.3 is 10.6 Å². The molecule has 0 saturated carbocycles. The monoisotopic (exact) mass is 243 g/mol. The van der Waals surface area contributed by atoms with Gasteiger partial charge in [-0.2, -0.15) is 0 Å². The van der Waals surface area contributed by atoms with E-state index >= 15 is 0 Å². The second-order valence-corrected chi connectivity index (χ2v) is 4.53. The molecule has 0 spiro atoms. The quantitative estimate of drug-likeness (QED) is 0.831. The summed E-state index contributed by atoms with van der Waals surface area (Å²) in [5.74, 6) is 1.72. The number of nitrogens with one attached hydrogen (secondary N) is 2. The average Bonchev–Trinajstić information content (AvgIpc) is 2.79. The molecule has 0 fully saturated rings. The van der Waals surface area contributed by atoms with Crippen LogP contribution in [0.3, 0.4) is 0 Å². The van der Waals surface area contributed by atoms with Crippen LogP contribution in [0.5, 0.6) is 0 Å². The van der Waals surface area contributed by atoms with Crippen LogP contribution < -0.4 is 10.6 Å². The second kappa shape index (κ2) is 4.42. The Bertz CT molecular complexity index is 573. The molecule has 0 bridgehead atoms. The van der Waals surface area contributed by atoms with Crippen LogP contribution in [0.1, 0.15) is 11.1 Å². The van der Waals surface area contributed by atoms with Gasteiger partial charge in [0.1, 0.15) is 0 Å². The van der Waals surface area contributed by atoms with Gasteiger partial charge in [-0.3, -0.25) is 4.57 Å². The molecular weight excluding hydrogens is 226 g/mol. The van der Waals surface area contributed by atoms with Crippen molar-refractivity contribution in [1.29, 1.82) is 0 Å². The van der Waals surface area contributed by atoms with E-state index in [1.165, 1.54) is 16.7 Å². The minimum atomic E-state index is 0.788. The summed E-state index contributed by atoms with van der Waals surface area (Å²) in [6.07, 6.45) is 1.05. The number of aromatic nitrogens is 3. The number of rotatable bonds is 2. The molecule has 0 atom stereocenters. The van der Waals surface area contributed by atoms with Crippen molar-refractivity contribution in [1.82, 2.24) is 20.1 Å². The van der Waals surface area contributed by atoms with Crippen LogP contribution in [0.4, 0.5) is 5.95 Å². The van der Waals surface area contributed by atoms with Crippen molar-refractivity contribution in [2.45, 2.75) is 13.0 Å². The van der Waals surface area contributed by atoms with Crippen molar-refractivity contribution < 1.29 is 0 Å². The van der Waals surface area contributed by atoms with Gasteiger partial charge in [0.15, 0.2) is 5.82 Å². The topological polar surface area (TPSA) is 54.8 Å². The lowest BCUT2D eigenvalue weighted by atomic mass is 9.95. The Labute approximate surface area is 106 Å². The molecule has 0 unspecified atom stereocenters. The van der Waals surface area contributed by atoms with Crippen molar-refractivity contribution in [2.24, 2.45) is 7.05 Å². The molecule has 0 saturated heterocycles. The molecule has 94 valence electrons. The fourth-order valence-electron chi connectivity index (χ4n) is 2.52. The maximum atomic E-state index is 4.29. The normalized spacial score (nSPS) is 14.3. The molecule has 1 aliphatic rings. The minimum Gasteiger partial charge on any atom is -0.357 e. The molecule has 2 aromatic rings. The summed E-state index contributed by atoms with van der Waals surface area (Å²) in [6.45, 7) is 1.97. The summed E-state index contributed by atoms with van der Waals surface area (Å²) >= 11 is 0. The Morgan fingerprint density at radius 3 is 3.00 bits per heavy atom. The molecule has 1 aliphatic heterocycles. The number of benzene rings is 1. The fourth-order valence-corrected chi connectivity index (χ4v) is 2.52. The maximum Gasteiger partial charge on any atom is 0.224 e. The van der Waals surface area contributed by atoms with Crippen LogP contribution in [-0.4, -0.2) is 28.4 Å². The van der Waals surface area contributed by atoms with E-state index in [-0.39, 0.29) is 0 Å². The SMILES string of the molecule is CNc1nnc(-c2cccc3c2CCNC3)n1C. The van der Waals surface area contributed by atoms with Crippen LogP contribution in [0.2, 0.25) is 0 Å². The smallest absolute Gasteiger partial charge is 0.224 e. The molecule has 2 heterocycles. The minimum absolute atomic E-state index is 0.788. The predicted molar refractivity (Wildman–Crippen MR) is 71.4 cm³/mol. The van der Waals surface area contributed by atoms with Gasteiger partial charge in [-0.05, 0) is 24.1 Å². The number of anilines is 1. The van der Waals surface area contributed by atoms with Gasteiger partial charge in [0, 0.05) is 26.2 Å². The highest BCUT2D eigenvalue weighted by atomic mass is 15.3. The van der Waals surface area contributed by atoms with Gasteiger partial charge in [0.2, 0.25) is 5.95 Å². The largest absolute Gasteiger partial charge is 0.357 e. The van der Waals surface area contributed by atoms with E-state index < -0.39 is 0 Å². The summed E-state index contributed by atoms with van der Waals surface area (Å²) in [7, 11) is 3.85. The molecule has 0 aliphatic carbocycles.